The molecule has 1 atom stereocenters. The molecule has 3 aromatic carbocycles. The maximum atomic E-state index is 13.4. The van der Waals surface area contributed by atoms with Crippen LogP contribution in [0.25, 0.3) is 0 Å². The number of hydrogen-bond donors (Lipinski definition) is 1. The van der Waals surface area contributed by atoms with Crippen LogP contribution in [-0.2, 0) is 14.8 Å². The molecule has 1 amide bonds. The fraction of sp³-hybridized carbons (Fsp3) is 0.136. The van der Waals surface area contributed by atoms with Crippen molar-refractivity contribution in [3.05, 3.63) is 81.8 Å². The minimum Gasteiger partial charge on any atom is -0.476 e. The molecule has 6 nitrogen and oxygen atoms in total. The zero-order valence-corrected chi connectivity index (χ0v) is 19.5. The van der Waals surface area contributed by atoms with Crippen LogP contribution >= 0.6 is 27.5 Å². The molecule has 4 rings (SSSR count). The Morgan fingerprint density at radius 1 is 1.13 bits per heavy atom. The third kappa shape index (κ3) is 4.42. The van der Waals surface area contributed by atoms with Gasteiger partial charge in [-0.25, -0.2) is 8.42 Å². The Hall–Kier alpha value is -2.55. The van der Waals surface area contributed by atoms with Crippen LogP contribution in [0.15, 0.2) is 76.1 Å². The molecule has 1 aliphatic rings. The van der Waals surface area contributed by atoms with Crippen LogP contribution in [0.5, 0.6) is 5.75 Å². The smallest absolute Gasteiger partial charge is 0.267 e. The van der Waals surface area contributed by atoms with Crippen LogP contribution in [0.2, 0.25) is 5.02 Å². The Kier molecular flexibility index (Phi) is 5.96. The first-order valence-electron chi connectivity index (χ1n) is 9.37. The average Bonchev–Trinajstić information content (AvgIpc) is 2.75. The molecule has 0 aromatic heterocycles. The van der Waals surface area contributed by atoms with Gasteiger partial charge in [-0.05, 0) is 67.1 Å². The number of rotatable bonds is 4. The minimum atomic E-state index is -3.94. The Balaban J connectivity index is 1.66. The zero-order valence-electron chi connectivity index (χ0n) is 16.4. The van der Waals surface area contributed by atoms with Gasteiger partial charge in [-0.2, -0.15) is 0 Å². The van der Waals surface area contributed by atoms with Crippen LogP contribution in [0.1, 0.15) is 5.56 Å². The van der Waals surface area contributed by atoms with Gasteiger partial charge >= 0.3 is 0 Å². The number of benzene rings is 3. The normalized spacial score (nSPS) is 15.7. The van der Waals surface area contributed by atoms with E-state index in [1.54, 1.807) is 30.3 Å². The van der Waals surface area contributed by atoms with E-state index in [0.717, 1.165) is 10.0 Å². The van der Waals surface area contributed by atoms with Gasteiger partial charge < -0.3 is 10.1 Å². The summed E-state index contributed by atoms with van der Waals surface area (Å²) in [6.45, 7) is 1.75. The summed E-state index contributed by atoms with van der Waals surface area (Å²) in [7, 11) is -3.94. The van der Waals surface area contributed by atoms with Crippen molar-refractivity contribution < 1.29 is 17.9 Å². The van der Waals surface area contributed by atoms with Gasteiger partial charge in [0.1, 0.15) is 5.75 Å². The third-order valence-corrected chi connectivity index (χ3v) is 7.79. The summed E-state index contributed by atoms with van der Waals surface area (Å²) in [5, 5.41) is 3.24. The molecule has 1 N–H and O–H groups in total. The summed E-state index contributed by atoms with van der Waals surface area (Å²) in [5.41, 5.74) is 1.93. The van der Waals surface area contributed by atoms with Crippen molar-refractivity contribution in [3.63, 3.8) is 0 Å². The van der Waals surface area contributed by atoms with Gasteiger partial charge in [0.05, 0.1) is 17.1 Å². The highest BCUT2D eigenvalue weighted by atomic mass is 79.9. The molecule has 0 saturated heterocycles. The molecule has 0 saturated carbocycles. The minimum absolute atomic E-state index is 0.0799. The van der Waals surface area contributed by atoms with Gasteiger partial charge in [0, 0.05) is 15.2 Å². The molecule has 31 heavy (non-hydrogen) atoms. The highest BCUT2D eigenvalue weighted by molar-refractivity contribution is 9.10. The van der Waals surface area contributed by atoms with Crippen molar-refractivity contribution >= 4 is 54.8 Å². The van der Waals surface area contributed by atoms with E-state index in [0.29, 0.717) is 22.1 Å². The number of fused-ring (bicyclic) bond motifs is 1. The molecule has 0 aliphatic carbocycles. The topological polar surface area (TPSA) is 75.7 Å². The first-order valence-corrected chi connectivity index (χ1v) is 12.0. The Morgan fingerprint density at radius 2 is 1.84 bits per heavy atom. The summed E-state index contributed by atoms with van der Waals surface area (Å²) < 4.78 is 34.7. The quantitative estimate of drug-likeness (QED) is 0.524. The van der Waals surface area contributed by atoms with Gasteiger partial charge in [0.15, 0.2) is 6.10 Å². The van der Waals surface area contributed by atoms with E-state index in [1.807, 2.05) is 19.1 Å². The maximum absolute atomic E-state index is 13.4. The number of nitrogens with zero attached hydrogens (tertiary/aromatic N) is 1. The Bertz CT molecular complexity index is 1250. The van der Waals surface area contributed by atoms with Gasteiger partial charge in [0.2, 0.25) is 0 Å². The van der Waals surface area contributed by atoms with Crippen molar-refractivity contribution in [2.24, 2.45) is 0 Å². The molecule has 1 unspecified atom stereocenters. The summed E-state index contributed by atoms with van der Waals surface area (Å²) in [6, 6.07) is 18.1. The Labute approximate surface area is 194 Å². The van der Waals surface area contributed by atoms with Crippen molar-refractivity contribution in [1.82, 2.24) is 0 Å². The number of ether oxygens (including phenoxy) is 1. The number of carbonyl (C=O) groups is 1. The number of carbonyl (C=O) groups excluding carboxylic acids is 1. The summed E-state index contributed by atoms with van der Waals surface area (Å²) in [4.78, 5) is 13.0. The van der Waals surface area contributed by atoms with Crippen LogP contribution in [0, 0.1) is 6.92 Å². The number of para-hydroxylation sites is 2. The fourth-order valence-electron chi connectivity index (χ4n) is 3.25. The van der Waals surface area contributed by atoms with Gasteiger partial charge in [-0.1, -0.05) is 39.7 Å². The molecular weight excluding hydrogens is 504 g/mol. The number of sulfonamides is 1. The van der Waals surface area contributed by atoms with Crippen molar-refractivity contribution in [2.45, 2.75) is 17.9 Å². The highest BCUT2D eigenvalue weighted by Gasteiger charge is 2.37. The molecule has 0 spiro atoms. The molecule has 0 radical (unpaired) electrons. The second-order valence-electron chi connectivity index (χ2n) is 7.02. The molecule has 160 valence electrons. The third-order valence-electron chi connectivity index (χ3n) is 4.85. The summed E-state index contributed by atoms with van der Waals surface area (Å²) in [5.74, 6) is -0.119. The lowest BCUT2D eigenvalue weighted by Gasteiger charge is -2.34. The standard InChI is InChI=1S/C22H18BrClN2O4S/c1-14-12-16(8-11-18(14)23)25-22(27)21-13-26(19-4-2-3-5-20(19)30-21)31(28,29)17-9-6-15(24)7-10-17/h2-12,21H,13H2,1H3,(H,25,27). The molecule has 3 aromatic rings. The average molecular weight is 522 g/mol. The van der Waals surface area contributed by atoms with Gasteiger partial charge in [-0.15, -0.1) is 0 Å². The van der Waals surface area contributed by atoms with Crippen LogP contribution in [-0.4, -0.2) is 27.0 Å². The number of amides is 1. The van der Waals surface area contributed by atoms with E-state index in [9.17, 15) is 13.2 Å². The van der Waals surface area contributed by atoms with Crippen LogP contribution in [0.4, 0.5) is 11.4 Å². The maximum Gasteiger partial charge on any atom is 0.267 e. The van der Waals surface area contributed by atoms with Gasteiger partial charge in [-0.3, -0.25) is 9.10 Å². The van der Waals surface area contributed by atoms with Crippen LogP contribution < -0.4 is 14.4 Å². The summed E-state index contributed by atoms with van der Waals surface area (Å²) in [6.07, 6.45) is -1.03. The number of aryl methyl sites for hydroxylation is 1. The highest BCUT2D eigenvalue weighted by Crippen LogP contribution is 2.37. The monoisotopic (exact) mass is 520 g/mol. The van der Waals surface area contributed by atoms with E-state index in [1.165, 1.54) is 28.6 Å². The number of halogens is 2. The van der Waals surface area contributed by atoms with E-state index in [4.69, 9.17) is 16.3 Å². The van der Waals surface area contributed by atoms with Crippen molar-refractivity contribution in [1.29, 1.82) is 0 Å². The van der Waals surface area contributed by atoms with Crippen molar-refractivity contribution in [3.8, 4) is 5.75 Å². The molecular formula is C22H18BrClN2O4S. The van der Waals surface area contributed by atoms with E-state index >= 15 is 0 Å². The number of nitrogens with one attached hydrogen (secondary N) is 1. The largest absolute Gasteiger partial charge is 0.476 e. The van der Waals surface area contributed by atoms with Crippen molar-refractivity contribution in [2.75, 3.05) is 16.2 Å². The molecule has 9 heteroatoms. The fourth-order valence-corrected chi connectivity index (χ4v) is 5.09. The van der Waals surface area contributed by atoms with Gasteiger partial charge in [0.25, 0.3) is 15.9 Å². The second-order valence-corrected chi connectivity index (χ2v) is 10.2. The lowest BCUT2D eigenvalue weighted by molar-refractivity contribution is -0.122. The second kappa shape index (κ2) is 8.53. The van der Waals surface area contributed by atoms with Crippen LogP contribution in [0.3, 0.4) is 0 Å². The number of hydrogen-bond acceptors (Lipinski definition) is 4. The molecule has 1 aliphatic heterocycles. The lowest BCUT2D eigenvalue weighted by Crippen LogP contribution is -2.48. The summed E-state index contributed by atoms with van der Waals surface area (Å²) >= 11 is 9.33. The lowest BCUT2D eigenvalue weighted by atomic mass is 10.2. The van der Waals surface area contributed by atoms with E-state index in [2.05, 4.69) is 21.2 Å². The molecule has 0 bridgehead atoms. The predicted octanol–water partition coefficient (Wildman–Crippen LogP) is 5.01. The first-order chi connectivity index (χ1) is 14.8. The van der Waals surface area contributed by atoms with E-state index < -0.39 is 22.0 Å². The molecule has 0 fully saturated rings. The predicted molar refractivity (Wildman–Crippen MR) is 124 cm³/mol. The first kappa shape index (κ1) is 21.7. The number of anilines is 2. The SMILES string of the molecule is Cc1cc(NC(=O)C2CN(S(=O)(=O)c3ccc(Cl)cc3)c3ccccc3O2)ccc1Br. The molecule has 1 heterocycles. The zero-order chi connectivity index (χ0) is 22.2. The Morgan fingerprint density at radius 3 is 2.55 bits per heavy atom. The van der Waals surface area contributed by atoms with E-state index in [-0.39, 0.29) is 11.4 Å².